The average molecular weight is 373 g/mol. The van der Waals surface area contributed by atoms with Crippen molar-refractivity contribution in [3.8, 4) is 5.75 Å². The van der Waals surface area contributed by atoms with Crippen molar-refractivity contribution in [1.29, 1.82) is 0 Å². The Morgan fingerprint density at radius 2 is 1.85 bits per heavy atom. The zero-order valence-corrected chi connectivity index (χ0v) is 15.7. The van der Waals surface area contributed by atoms with E-state index in [-0.39, 0.29) is 18.4 Å². The van der Waals surface area contributed by atoms with Crippen molar-refractivity contribution in [3.63, 3.8) is 0 Å². The molecule has 0 saturated heterocycles. The number of methoxy groups -OCH3 is 1. The van der Waals surface area contributed by atoms with E-state index in [1.165, 1.54) is 7.11 Å². The van der Waals surface area contributed by atoms with Crippen LogP contribution in [0.1, 0.15) is 23.0 Å². The molecule has 0 atom stereocenters. The Morgan fingerprint density at radius 1 is 1.12 bits per heavy atom. The predicted octanol–water partition coefficient (Wildman–Crippen LogP) is 4.89. The van der Waals surface area contributed by atoms with Crippen LogP contribution in [0.5, 0.6) is 5.75 Å². The molecule has 0 unspecified atom stereocenters. The van der Waals surface area contributed by atoms with Crippen molar-refractivity contribution >= 4 is 40.7 Å². The Kier molecular flexibility index (Phi) is 6.41. The molecule has 1 heterocycles. The quantitative estimate of drug-likeness (QED) is 0.646. The van der Waals surface area contributed by atoms with Crippen LogP contribution in [0.3, 0.4) is 0 Å². The van der Waals surface area contributed by atoms with Crippen LogP contribution in [0, 0.1) is 6.92 Å². The molecule has 1 N–H and O–H groups in total. The van der Waals surface area contributed by atoms with Gasteiger partial charge in [-0.15, -0.1) is 12.4 Å². The van der Waals surface area contributed by atoms with Gasteiger partial charge in [-0.1, -0.05) is 0 Å². The second kappa shape index (κ2) is 8.54. The monoisotopic (exact) mass is 372 g/mol. The van der Waals surface area contributed by atoms with Crippen molar-refractivity contribution in [2.24, 2.45) is 0 Å². The number of rotatable bonds is 5. The molecule has 2 aromatic carbocycles. The fourth-order valence-corrected chi connectivity index (χ4v) is 2.66. The van der Waals surface area contributed by atoms with E-state index < -0.39 is 0 Å². The van der Waals surface area contributed by atoms with Crippen molar-refractivity contribution in [2.75, 3.05) is 19.0 Å². The second-order valence-corrected chi connectivity index (χ2v) is 5.62. The molecule has 0 aliphatic rings. The Balaban J connectivity index is 0.00000243. The first-order valence-corrected chi connectivity index (χ1v) is 8.10. The summed E-state index contributed by atoms with van der Waals surface area (Å²) in [6, 6.07) is 15.0. The lowest BCUT2D eigenvalue weighted by Crippen LogP contribution is -2.01. The Morgan fingerprint density at radius 3 is 2.50 bits per heavy atom. The van der Waals surface area contributed by atoms with Gasteiger partial charge < -0.3 is 14.8 Å². The third-order valence-corrected chi connectivity index (χ3v) is 3.80. The van der Waals surface area contributed by atoms with E-state index in [4.69, 9.17) is 9.47 Å². The van der Waals surface area contributed by atoms with Gasteiger partial charge in [-0.3, -0.25) is 4.98 Å². The fourth-order valence-electron chi connectivity index (χ4n) is 2.66. The number of carbonyl (C=O) groups excluding carboxylic acids is 1. The van der Waals surface area contributed by atoms with Gasteiger partial charge in [0.05, 0.1) is 24.8 Å². The van der Waals surface area contributed by atoms with Crippen LogP contribution in [-0.2, 0) is 4.74 Å². The fraction of sp³-hybridized carbons (Fsp3) is 0.200. The molecular weight excluding hydrogens is 352 g/mol. The summed E-state index contributed by atoms with van der Waals surface area (Å²) < 4.78 is 10.3. The van der Waals surface area contributed by atoms with Crippen molar-refractivity contribution in [1.82, 2.24) is 4.98 Å². The van der Waals surface area contributed by atoms with Crippen molar-refractivity contribution in [2.45, 2.75) is 13.8 Å². The number of anilines is 2. The van der Waals surface area contributed by atoms with Gasteiger partial charge in [-0.2, -0.15) is 0 Å². The number of nitrogens with zero attached hydrogens (tertiary/aromatic N) is 1. The molecule has 0 bridgehead atoms. The molecule has 5 nitrogen and oxygen atoms in total. The third-order valence-electron chi connectivity index (χ3n) is 3.80. The maximum atomic E-state index is 11.5. The summed E-state index contributed by atoms with van der Waals surface area (Å²) in [4.78, 5) is 16.1. The second-order valence-electron chi connectivity index (χ2n) is 5.62. The molecule has 0 amide bonds. The average Bonchev–Trinajstić information content (AvgIpc) is 2.62. The van der Waals surface area contributed by atoms with Crippen LogP contribution < -0.4 is 10.1 Å². The standard InChI is InChI=1S/C20H20N2O3.ClH/c1-4-25-16-9-10-18-17(12-16)19(11-13(2)21-18)22-15-7-5-14(6-8-15)20(23)24-3;/h5-12H,4H2,1-3H3,(H,21,22);1H. The Bertz CT molecular complexity index is 911. The number of benzene rings is 2. The maximum absolute atomic E-state index is 11.5. The number of pyridine rings is 1. The topological polar surface area (TPSA) is 60.5 Å². The molecular formula is C20H21ClN2O3. The number of aromatic nitrogens is 1. The van der Waals surface area contributed by atoms with Crippen LogP contribution in [0.4, 0.5) is 11.4 Å². The van der Waals surface area contributed by atoms with Gasteiger partial charge >= 0.3 is 5.97 Å². The lowest BCUT2D eigenvalue weighted by Gasteiger charge is -2.12. The van der Waals surface area contributed by atoms with Crippen LogP contribution in [0.15, 0.2) is 48.5 Å². The van der Waals surface area contributed by atoms with Crippen LogP contribution in [0.2, 0.25) is 0 Å². The number of hydrogen-bond acceptors (Lipinski definition) is 5. The van der Waals surface area contributed by atoms with Gasteiger partial charge in [-0.25, -0.2) is 4.79 Å². The number of aryl methyl sites for hydroxylation is 1. The molecule has 1 aromatic heterocycles. The van der Waals surface area contributed by atoms with E-state index in [0.29, 0.717) is 12.2 Å². The van der Waals surface area contributed by atoms with Gasteiger partial charge in [-0.05, 0) is 62.4 Å². The highest BCUT2D eigenvalue weighted by molar-refractivity contribution is 5.94. The number of ether oxygens (including phenoxy) is 2. The first-order chi connectivity index (χ1) is 12.1. The number of nitrogens with one attached hydrogen (secondary N) is 1. The zero-order chi connectivity index (χ0) is 17.8. The minimum atomic E-state index is -0.349. The van der Waals surface area contributed by atoms with E-state index >= 15 is 0 Å². The van der Waals surface area contributed by atoms with Gasteiger partial charge in [0.2, 0.25) is 0 Å². The molecule has 0 aliphatic carbocycles. The summed E-state index contributed by atoms with van der Waals surface area (Å²) in [6.07, 6.45) is 0. The number of hydrogen-bond donors (Lipinski definition) is 1. The van der Waals surface area contributed by atoms with Crippen LogP contribution >= 0.6 is 12.4 Å². The number of carbonyl (C=O) groups is 1. The van der Waals surface area contributed by atoms with E-state index in [1.807, 2.05) is 50.2 Å². The third kappa shape index (κ3) is 4.24. The highest BCUT2D eigenvalue weighted by Crippen LogP contribution is 2.29. The molecule has 0 saturated carbocycles. The van der Waals surface area contributed by atoms with Crippen LogP contribution in [-0.4, -0.2) is 24.7 Å². The summed E-state index contributed by atoms with van der Waals surface area (Å²) in [5, 5.41) is 4.37. The Labute approximate surface area is 158 Å². The van der Waals surface area contributed by atoms with E-state index in [9.17, 15) is 4.79 Å². The molecule has 6 heteroatoms. The molecule has 3 aromatic rings. The summed E-state index contributed by atoms with van der Waals surface area (Å²) >= 11 is 0. The van der Waals surface area contributed by atoms with Gasteiger partial charge in [0, 0.05) is 22.5 Å². The molecule has 0 radical (unpaired) electrons. The van der Waals surface area contributed by atoms with Gasteiger partial charge in [0.1, 0.15) is 5.75 Å². The molecule has 0 fully saturated rings. The van der Waals surface area contributed by atoms with Gasteiger partial charge in [0.25, 0.3) is 0 Å². The smallest absolute Gasteiger partial charge is 0.337 e. The van der Waals surface area contributed by atoms with Crippen molar-refractivity contribution in [3.05, 3.63) is 59.8 Å². The van der Waals surface area contributed by atoms with E-state index in [0.717, 1.165) is 33.7 Å². The summed E-state index contributed by atoms with van der Waals surface area (Å²) in [5.74, 6) is 0.461. The first-order valence-electron chi connectivity index (χ1n) is 8.10. The largest absolute Gasteiger partial charge is 0.494 e. The lowest BCUT2D eigenvalue weighted by molar-refractivity contribution is 0.0601. The minimum Gasteiger partial charge on any atom is -0.494 e. The van der Waals surface area contributed by atoms with Crippen LogP contribution in [0.25, 0.3) is 10.9 Å². The Hall–Kier alpha value is -2.79. The minimum absolute atomic E-state index is 0. The highest BCUT2D eigenvalue weighted by Gasteiger charge is 2.08. The summed E-state index contributed by atoms with van der Waals surface area (Å²) in [5.41, 5.74) is 4.15. The number of fused-ring (bicyclic) bond motifs is 1. The molecule has 136 valence electrons. The SMILES string of the molecule is CCOc1ccc2nc(C)cc(Nc3ccc(C(=O)OC)cc3)c2c1.Cl. The molecule has 0 aliphatic heterocycles. The number of esters is 1. The summed E-state index contributed by atoms with van der Waals surface area (Å²) in [7, 11) is 1.37. The number of halogens is 1. The highest BCUT2D eigenvalue weighted by atomic mass is 35.5. The summed E-state index contributed by atoms with van der Waals surface area (Å²) in [6.45, 7) is 4.53. The van der Waals surface area contributed by atoms with Crippen molar-refractivity contribution < 1.29 is 14.3 Å². The van der Waals surface area contributed by atoms with Gasteiger partial charge in [0.15, 0.2) is 0 Å². The maximum Gasteiger partial charge on any atom is 0.337 e. The first kappa shape index (κ1) is 19.5. The lowest BCUT2D eigenvalue weighted by atomic mass is 10.1. The van der Waals surface area contributed by atoms with E-state index in [1.54, 1.807) is 12.1 Å². The normalized spacial score (nSPS) is 10.1. The predicted molar refractivity (Wildman–Crippen MR) is 106 cm³/mol. The molecule has 26 heavy (non-hydrogen) atoms. The zero-order valence-electron chi connectivity index (χ0n) is 14.9. The molecule has 3 rings (SSSR count). The molecule has 0 spiro atoms. The van der Waals surface area contributed by atoms with E-state index in [2.05, 4.69) is 10.3 Å².